The van der Waals surface area contributed by atoms with E-state index >= 15 is 0 Å². The van der Waals surface area contributed by atoms with Gasteiger partial charge in [0.1, 0.15) is 11.5 Å². The number of ether oxygens (including phenoxy) is 2. The summed E-state index contributed by atoms with van der Waals surface area (Å²) in [4.78, 5) is 22.4. The summed E-state index contributed by atoms with van der Waals surface area (Å²) in [5, 5.41) is 27.9. The third kappa shape index (κ3) is 5.69. The Hall–Kier alpha value is -4.11. The van der Waals surface area contributed by atoms with Crippen LogP contribution in [0.3, 0.4) is 0 Å². The Morgan fingerprint density at radius 1 is 0.900 bits per heavy atom. The number of nitro groups is 1. The smallest absolute Gasteiger partial charge is 0.343 e. The molecule has 9 nitrogen and oxygen atoms in total. The van der Waals surface area contributed by atoms with Crippen LogP contribution in [0.4, 0.5) is 17.1 Å². The minimum atomic E-state index is -0.936. The molecule has 0 aromatic heterocycles. The standard InChI is InChI=1S/C21H17N3O6/c1-14(25)29-19-10-12-20(13-11-19)30-21(26)15-2-4-16(5-3-15)22-23-17-6-8-18(9-7-17)24(27)28/h2-14,25H,1H3. The van der Waals surface area contributed by atoms with Crippen molar-refractivity contribution in [1.82, 2.24) is 0 Å². The predicted molar refractivity (Wildman–Crippen MR) is 107 cm³/mol. The van der Waals surface area contributed by atoms with E-state index in [-0.39, 0.29) is 5.69 Å². The summed E-state index contributed by atoms with van der Waals surface area (Å²) in [5.74, 6) is 0.241. The van der Waals surface area contributed by atoms with Crippen LogP contribution in [-0.2, 0) is 0 Å². The highest BCUT2D eigenvalue weighted by molar-refractivity contribution is 5.91. The van der Waals surface area contributed by atoms with Crippen LogP contribution in [0.1, 0.15) is 17.3 Å². The highest BCUT2D eigenvalue weighted by atomic mass is 16.6. The number of hydrogen-bond acceptors (Lipinski definition) is 8. The number of aliphatic hydroxyl groups is 1. The predicted octanol–water partition coefficient (Wildman–Crippen LogP) is 4.95. The van der Waals surface area contributed by atoms with Gasteiger partial charge in [0.2, 0.25) is 0 Å². The maximum atomic E-state index is 12.3. The zero-order chi connectivity index (χ0) is 21.5. The Bertz CT molecular complexity index is 1050. The van der Waals surface area contributed by atoms with Gasteiger partial charge in [-0.05, 0) is 67.6 Å². The number of benzene rings is 3. The molecule has 3 rings (SSSR count). The van der Waals surface area contributed by atoms with Gasteiger partial charge in [0.15, 0.2) is 6.29 Å². The number of rotatable bonds is 7. The molecule has 0 bridgehead atoms. The fraction of sp³-hybridized carbons (Fsp3) is 0.0952. The molecule has 0 saturated heterocycles. The molecular weight excluding hydrogens is 390 g/mol. The van der Waals surface area contributed by atoms with Gasteiger partial charge in [-0.2, -0.15) is 10.2 Å². The van der Waals surface area contributed by atoms with E-state index in [1.807, 2.05) is 0 Å². The van der Waals surface area contributed by atoms with Crippen LogP contribution in [0.25, 0.3) is 0 Å². The van der Waals surface area contributed by atoms with E-state index in [1.54, 1.807) is 48.5 Å². The zero-order valence-corrected chi connectivity index (χ0v) is 15.8. The van der Waals surface area contributed by atoms with Gasteiger partial charge in [-0.15, -0.1) is 0 Å². The van der Waals surface area contributed by atoms with E-state index in [2.05, 4.69) is 10.2 Å². The quantitative estimate of drug-likeness (QED) is 0.148. The van der Waals surface area contributed by atoms with E-state index in [1.165, 1.54) is 31.2 Å². The number of non-ortho nitro benzene ring substituents is 1. The van der Waals surface area contributed by atoms with Gasteiger partial charge in [0, 0.05) is 12.1 Å². The van der Waals surface area contributed by atoms with Crippen molar-refractivity contribution in [3.63, 3.8) is 0 Å². The molecule has 3 aromatic carbocycles. The van der Waals surface area contributed by atoms with Crippen LogP contribution < -0.4 is 9.47 Å². The summed E-state index contributed by atoms with van der Waals surface area (Å²) in [6, 6.07) is 18.3. The second-order valence-corrected chi connectivity index (χ2v) is 6.10. The van der Waals surface area contributed by atoms with Crippen molar-refractivity contribution in [3.05, 3.63) is 88.5 Å². The fourth-order valence-electron chi connectivity index (χ4n) is 2.37. The summed E-state index contributed by atoms with van der Waals surface area (Å²) in [6.07, 6.45) is -0.936. The molecule has 0 heterocycles. The molecule has 30 heavy (non-hydrogen) atoms. The number of aliphatic hydroxyl groups excluding tert-OH is 1. The summed E-state index contributed by atoms with van der Waals surface area (Å²) < 4.78 is 10.4. The molecule has 0 spiro atoms. The van der Waals surface area contributed by atoms with Gasteiger partial charge in [-0.25, -0.2) is 4.79 Å². The van der Waals surface area contributed by atoms with Crippen LogP contribution in [0, 0.1) is 10.1 Å². The summed E-state index contributed by atoms with van der Waals surface area (Å²) in [7, 11) is 0. The van der Waals surface area contributed by atoms with Gasteiger partial charge >= 0.3 is 5.97 Å². The molecule has 9 heteroatoms. The Morgan fingerprint density at radius 3 is 1.90 bits per heavy atom. The molecular formula is C21H17N3O6. The van der Waals surface area contributed by atoms with Crippen molar-refractivity contribution in [2.24, 2.45) is 10.2 Å². The number of carbonyl (C=O) groups excluding carboxylic acids is 1. The summed E-state index contributed by atoms with van der Waals surface area (Å²) in [6.45, 7) is 1.49. The fourth-order valence-corrected chi connectivity index (χ4v) is 2.37. The maximum absolute atomic E-state index is 12.3. The van der Waals surface area contributed by atoms with Crippen molar-refractivity contribution in [3.8, 4) is 11.5 Å². The molecule has 0 fully saturated rings. The van der Waals surface area contributed by atoms with Gasteiger partial charge in [-0.3, -0.25) is 10.1 Å². The molecule has 0 aliphatic carbocycles. The van der Waals surface area contributed by atoms with Crippen molar-refractivity contribution in [2.45, 2.75) is 13.2 Å². The van der Waals surface area contributed by atoms with Gasteiger partial charge < -0.3 is 14.6 Å². The molecule has 0 radical (unpaired) electrons. The van der Waals surface area contributed by atoms with E-state index in [0.29, 0.717) is 28.4 Å². The number of carbonyl (C=O) groups is 1. The Kier molecular flexibility index (Phi) is 6.46. The molecule has 0 amide bonds. The Balaban J connectivity index is 1.60. The lowest BCUT2D eigenvalue weighted by Crippen LogP contribution is -2.10. The van der Waals surface area contributed by atoms with Crippen LogP contribution in [0.15, 0.2) is 83.0 Å². The lowest BCUT2D eigenvalue weighted by molar-refractivity contribution is -0.384. The van der Waals surface area contributed by atoms with Crippen LogP contribution in [0.5, 0.6) is 11.5 Å². The first-order valence-corrected chi connectivity index (χ1v) is 8.84. The Labute approximate surface area is 171 Å². The van der Waals surface area contributed by atoms with Crippen molar-refractivity contribution >= 4 is 23.0 Å². The summed E-state index contributed by atoms with van der Waals surface area (Å²) in [5.41, 5.74) is 1.27. The van der Waals surface area contributed by atoms with Crippen molar-refractivity contribution in [1.29, 1.82) is 0 Å². The second-order valence-electron chi connectivity index (χ2n) is 6.10. The Morgan fingerprint density at radius 2 is 1.40 bits per heavy atom. The lowest BCUT2D eigenvalue weighted by Gasteiger charge is -2.09. The topological polar surface area (TPSA) is 124 Å². The highest BCUT2D eigenvalue weighted by Gasteiger charge is 2.09. The molecule has 0 aliphatic heterocycles. The van der Waals surface area contributed by atoms with E-state index in [4.69, 9.17) is 9.47 Å². The monoisotopic (exact) mass is 407 g/mol. The SMILES string of the molecule is CC(O)Oc1ccc(OC(=O)c2ccc(N=Nc3ccc([N+](=O)[O-])cc3)cc2)cc1. The average molecular weight is 407 g/mol. The second kappa shape index (κ2) is 9.39. The largest absolute Gasteiger partial charge is 0.465 e. The van der Waals surface area contributed by atoms with E-state index in [9.17, 15) is 20.0 Å². The van der Waals surface area contributed by atoms with Crippen molar-refractivity contribution in [2.75, 3.05) is 0 Å². The number of hydrogen-bond donors (Lipinski definition) is 1. The number of esters is 1. The first-order valence-electron chi connectivity index (χ1n) is 8.84. The van der Waals surface area contributed by atoms with Gasteiger partial charge in [-0.1, -0.05) is 0 Å². The minimum Gasteiger partial charge on any atom is -0.465 e. The average Bonchev–Trinajstić information content (AvgIpc) is 2.74. The van der Waals surface area contributed by atoms with Gasteiger partial charge in [0.05, 0.1) is 21.9 Å². The zero-order valence-electron chi connectivity index (χ0n) is 15.8. The van der Waals surface area contributed by atoms with E-state index < -0.39 is 17.2 Å². The van der Waals surface area contributed by atoms with Crippen molar-refractivity contribution < 1.29 is 24.3 Å². The maximum Gasteiger partial charge on any atom is 0.343 e. The first-order chi connectivity index (χ1) is 14.4. The number of azo groups is 1. The molecule has 1 atom stereocenters. The van der Waals surface area contributed by atoms with E-state index in [0.717, 1.165) is 0 Å². The molecule has 152 valence electrons. The number of nitro benzene ring substituents is 1. The van der Waals surface area contributed by atoms with Crippen LogP contribution in [0.2, 0.25) is 0 Å². The van der Waals surface area contributed by atoms with Gasteiger partial charge in [0.25, 0.3) is 5.69 Å². The molecule has 0 saturated carbocycles. The van der Waals surface area contributed by atoms with Crippen LogP contribution >= 0.6 is 0 Å². The molecule has 3 aromatic rings. The third-order valence-corrected chi connectivity index (χ3v) is 3.79. The highest BCUT2D eigenvalue weighted by Crippen LogP contribution is 2.23. The first kappa shape index (κ1) is 20.6. The lowest BCUT2D eigenvalue weighted by atomic mass is 10.2. The minimum absolute atomic E-state index is 0.0260. The third-order valence-electron chi connectivity index (χ3n) is 3.79. The molecule has 1 unspecified atom stereocenters. The van der Waals surface area contributed by atoms with Crippen LogP contribution in [-0.4, -0.2) is 22.3 Å². The molecule has 0 aliphatic rings. The normalized spacial score (nSPS) is 11.8. The summed E-state index contributed by atoms with van der Waals surface area (Å²) >= 11 is 0. The number of nitrogens with zero attached hydrogens (tertiary/aromatic N) is 3. The molecule has 1 N–H and O–H groups in total.